The van der Waals surface area contributed by atoms with E-state index in [1.807, 2.05) is 25.1 Å². The van der Waals surface area contributed by atoms with Gasteiger partial charge in [-0.1, -0.05) is 6.07 Å². The molecule has 0 unspecified atom stereocenters. The summed E-state index contributed by atoms with van der Waals surface area (Å²) in [5.74, 6) is -1.23. The SMILES string of the molecule is CN(C)c1cccc(C(=O)NNC(=O)[C@H]2CCCN(C(=O)c3ccoc3)C2)c1. The van der Waals surface area contributed by atoms with E-state index in [0.717, 1.165) is 12.1 Å². The lowest BCUT2D eigenvalue weighted by Gasteiger charge is -2.31. The van der Waals surface area contributed by atoms with E-state index in [-0.39, 0.29) is 23.6 Å². The molecule has 148 valence electrons. The molecule has 0 saturated carbocycles. The molecule has 2 heterocycles. The third kappa shape index (κ3) is 4.51. The molecule has 0 spiro atoms. The predicted molar refractivity (Wildman–Crippen MR) is 104 cm³/mol. The number of rotatable bonds is 4. The lowest BCUT2D eigenvalue weighted by atomic mass is 9.97. The van der Waals surface area contributed by atoms with Crippen LogP contribution in [-0.4, -0.2) is 49.8 Å². The average Bonchev–Trinajstić information content (AvgIpc) is 3.26. The highest BCUT2D eigenvalue weighted by Crippen LogP contribution is 2.19. The van der Waals surface area contributed by atoms with Crippen LogP contribution >= 0.6 is 0 Å². The molecule has 2 aromatic rings. The van der Waals surface area contributed by atoms with Crippen LogP contribution in [0.15, 0.2) is 47.3 Å². The maximum atomic E-state index is 12.5. The zero-order chi connectivity index (χ0) is 20.1. The lowest BCUT2D eigenvalue weighted by Crippen LogP contribution is -2.50. The highest BCUT2D eigenvalue weighted by molar-refractivity contribution is 5.97. The van der Waals surface area contributed by atoms with E-state index >= 15 is 0 Å². The number of anilines is 1. The van der Waals surface area contributed by atoms with Crippen molar-refractivity contribution in [3.8, 4) is 0 Å². The number of hydrogen-bond donors (Lipinski definition) is 2. The largest absolute Gasteiger partial charge is 0.472 e. The summed E-state index contributed by atoms with van der Waals surface area (Å²) in [6.07, 6.45) is 4.23. The van der Waals surface area contributed by atoms with Crippen molar-refractivity contribution in [2.24, 2.45) is 5.92 Å². The van der Waals surface area contributed by atoms with E-state index in [1.165, 1.54) is 12.5 Å². The molecule has 1 aliphatic heterocycles. The number of carbonyl (C=O) groups excluding carboxylic acids is 3. The van der Waals surface area contributed by atoms with Gasteiger partial charge in [-0.05, 0) is 37.1 Å². The Balaban J connectivity index is 1.55. The Morgan fingerprint density at radius 2 is 1.96 bits per heavy atom. The maximum absolute atomic E-state index is 12.5. The highest BCUT2D eigenvalue weighted by Gasteiger charge is 2.29. The minimum Gasteiger partial charge on any atom is -0.472 e. The van der Waals surface area contributed by atoms with Crippen LogP contribution in [0.3, 0.4) is 0 Å². The Bertz CT molecular complexity index is 848. The first kappa shape index (κ1) is 19.5. The summed E-state index contributed by atoms with van der Waals surface area (Å²) >= 11 is 0. The van der Waals surface area contributed by atoms with Gasteiger partial charge >= 0.3 is 0 Å². The summed E-state index contributed by atoms with van der Waals surface area (Å²) in [6, 6.07) is 8.71. The predicted octanol–water partition coefficient (Wildman–Crippen LogP) is 1.66. The van der Waals surface area contributed by atoms with Crippen LogP contribution in [0.5, 0.6) is 0 Å². The first-order valence-electron chi connectivity index (χ1n) is 9.15. The Kier molecular flexibility index (Phi) is 5.98. The van der Waals surface area contributed by atoms with Crippen molar-refractivity contribution in [3.63, 3.8) is 0 Å². The van der Waals surface area contributed by atoms with Gasteiger partial charge in [-0.2, -0.15) is 0 Å². The molecule has 0 bridgehead atoms. The minimum absolute atomic E-state index is 0.157. The molecule has 3 rings (SSSR count). The van der Waals surface area contributed by atoms with Crippen LogP contribution in [0.25, 0.3) is 0 Å². The molecular formula is C20H24N4O4. The van der Waals surface area contributed by atoms with E-state index in [4.69, 9.17) is 4.42 Å². The first-order chi connectivity index (χ1) is 13.5. The molecule has 8 heteroatoms. The van der Waals surface area contributed by atoms with Gasteiger partial charge in [-0.3, -0.25) is 25.2 Å². The van der Waals surface area contributed by atoms with Crippen molar-refractivity contribution in [2.45, 2.75) is 12.8 Å². The molecule has 1 fully saturated rings. The van der Waals surface area contributed by atoms with Crippen molar-refractivity contribution < 1.29 is 18.8 Å². The summed E-state index contributed by atoms with van der Waals surface area (Å²) in [6.45, 7) is 0.902. The molecule has 1 aliphatic rings. The molecule has 1 atom stereocenters. The van der Waals surface area contributed by atoms with Crippen molar-refractivity contribution in [3.05, 3.63) is 54.0 Å². The highest BCUT2D eigenvalue weighted by atomic mass is 16.3. The van der Waals surface area contributed by atoms with E-state index in [1.54, 1.807) is 29.2 Å². The van der Waals surface area contributed by atoms with Gasteiger partial charge in [0.1, 0.15) is 6.26 Å². The van der Waals surface area contributed by atoms with Gasteiger partial charge in [-0.25, -0.2) is 0 Å². The van der Waals surface area contributed by atoms with E-state index in [0.29, 0.717) is 30.6 Å². The second kappa shape index (κ2) is 8.60. The summed E-state index contributed by atoms with van der Waals surface area (Å²) < 4.78 is 4.95. The standard InChI is InChI=1S/C20H24N4O4/c1-23(2)17-7-3-5-14(11-17)18(25)21-22-19(26)15-6-4-9-24(12-15)20(27)16-8-10-28-13-16/h3,5,7-8,10-11,13,15H,4,6,9,12H2,1-2H3,(H,21,25)(H,22,26)/t15-/m0/s1. The zero-order valence-corrected chi connectivity index (χ0v) is 16.0. The fourth-order valence-corrected chi connectivity index (χ4v) is 3.16. The summed E-state index contributed by atoms with van der Waals surface area (Å²) in [7, 11) is 3.77. The van der Waals surface area contributed by atoms with Gasteiger partial charge in [0, 0.05) is 38.4 Å². The smallest absolute Gasteiger partial charge is 0.269 e. The van der Waals surface area contributed by atoms with Crippen molar-refractivity contribution in [2.75, 3.05) is 32.1 Å². The van der Waals surface area contributed by atoms with E-state index < -0.39 is 0 Å². The molecule has 2 N–H and O–H groups in total. The van der Waals surface area contributed by atoms with Crippen molar-refractivity contribution in [1.82, 2.24) is 15.8 Å². The summed E-state index contributed by atoms with van der Waals surface area (Å²) in [5.41, 5.74) is 6.75. The molecule has 1 aromatic heterocycles. The van der Waals surface area contributed by atoms with Gasteiger partial charge < -0.3 is 14.2 Å². The zero-order valence-electron chi connectivity index (χ0n) is 16.0. The van der Waals surface area contributed by atoms with E-state index in [2.05, 4.69) is 10.9 Å². The van der Waals surface area contributed by atoms with Crippen LogP contribution in [0.4, 0.5) is 5.69 Å². The third-order valence-electron chi connectivity index (χ3n) is 4.77. The summed E-state index contributed by atoms with van der Waals surface area (Å²) in [4.78, 5) is 40.7. The quantitative estimate of drug-likeness (QED) is 0.782. The van der Waals surface area contributed by atoms with E-state index in [9.17, 15) is 14.4 Å². The van der Waals surface area contributed by atoms with Crippen molar-refractivity contribution >= 4 is 23.4 Å². The molecule has 8 nitrogen and oxygen atoms in total. The summed E-state index contributed by atoms with van der Waals surface area (Å²) in [5, 5.41) is 0. The van der Waals surface area contributed by atoms with Gasteiger partial charge in [-0.15, -0.1) is 0 Å². The molecule has 0 aliphatic carbocycles. The number of nitrogens with one attached hydrogen (secondary N) is 2. The maximum Gasteiger partial charge on any atom is 0.269 e. The van der Waals surface area contributed by atoms with Gasteiger partial charge in [0.15, 0.2) is 0 Å². The Morgan fingerprint density at radius 1 is 1.14 bits per heavy atom. The second-order valence-corrected chi connectivity index (χ2v) is 6.99. The Labute approximate surface area is 163 Å². The number of benzene rings is 1. The molecular weight excluding hydrogens is 360 g/mol. The normalized spacial score (nSPS) is 16.4. The molecule has 1 saturated heterocycles. The monoisotopic (exact) mass is 384 g/mol. The van der Waals surface area contributed by atoms with Gasteiger partial charge in [0.25, 0.3) is 11.8 Å². The van der Waals surface area contributed by atoms with Crippen molar-refractivity contribution in [1.29, 1.82) is 0 Å². The molecule has 3 amide bonds. The molecule has 1 aromatic carbocycles. The number of piperidine rings is 1. The third-order valence-corrected chi connectivity index (χ3v) is 4.77. The van der Waals surface area contributed by atoms with Gasteiger partial charge in [0.2, 0.25) is 5.91 Å². The second-order valence-electron chi connectivity index (χ2n) is 6.99. The lowest BCUT2D eigenvalue weighted by molar-refractivity contribution is -0.127. The topological polar surface area (TPSA) is 94.9 Å². The van der Waals surface area contributed by atoms with Crippen LogP contribution in [0.2, 0.25) is 0 Å². The van der Waals surface area contributed by atoms with Crippen LogP contribution in [0, 0.1) is 5.92 Å². The Morgan fingerprint density at radius 3 is 2.68 bits per heavy atom. The van der Waals surface area contributed by atoms with Gasteiger partial charge in [0.05, 0.1) is 17.7 Å². The number of likely N-dealkylation sites (tertiary alicyclic amines) is 1. The number of hydrazine groups is 1. The fourth-order valence-electron chi connectivity index (χ4n) is 3.16. The van der Waals surface area contributed by atoms with Crippen LogP contribution < -0.4 is 15.8 Å². The van der Waals surface area contributed by atoms with Crippen LogP contribution in [0.1, 0.15) is 33.6 Å². The minimum atomic E-state index is -0.390. The Hall–Kier alpha value is -3.29. The molecule has 28 heavy (non-hydrogen) atoms. The number of carbonyl (C=O) groups is 3. The first-order valence-corrected chi connectivity index (χ1v) is 9.15. The molecule has 0 radical (unpaired) electrons. The fraction of sp³-hybridized carbons (Fsp3) is 0.350. The number of furan rings is 1. The number of amides is 3. The average molecular weight is 384 g/mol. The number of hydrogen-bond acceptors (Lipinski definition) is 5. The van der Waals surface area contributed by atoms with Crippen LogP contribution in [-0.2, 0) is 4.79 Å². The number of nitrogens with zero attached hydrogens (tertiary/aromatic N) is 2.